The maximum absolute atomic E-state index is 12.4. The predicted octanol–water partition coefficient (Wildman–Crippen LogP) is 8.98. The topological polar surface area (TPSA) is 105 Å². The van der Waals surface area contributed by atoms with Crippen molar-refractivity contribution in [1.82, 2.24) is 5.32 Å². The monoisotopic (exact) mass is 628 g/mol. The van der Waals surface area contributed by atoms with Gasteiger partial charge in [-0.2, -0.15) is 10.0 Å². The number of nitrogens with one attached hydrogen (secondary N) is 1. The Labute approximate surface area is 270 Å². The number of carboxylic acid groups (broad SMARTS) is 1. The normalized spacial score (nSPS) is 20.0. The van der Waals surface area contributed by atoms with Crippen molar-refractivity contribution in [2.75, 3.05) is 19.7 Å². The van der Waals surface area contributed by atoms with Crippen LogP contribution in [0.2, 0.25) is 0 Å². The first-order valence-electron chi connectivity index (χ1n) is 17.8. The average Bonchev–Trinajstić information content (AvgIpc) is 2.91. The maximum atomic E-state index is 12.4. The molecule has 8 heteroatoms. The van der Waals surface area contributed by atoms with Gasteiger partial charge in [0, 0.05) is 19.3 Å². The Morgan fingerprint density at radius 2 is 1.39 bits per heavy atom. The molecule has 2 aliphatic rings. The van der Waals surface area contributed by atoms with Gasteiger partial charge in [-0.15, -0.1) is 0 Å². The van der Waals surface area contributed by atoms with Crippen LogP contribution >= 0.6 is 0 Å². The number of aliphatic carboxylic acids is 1. The van der Waals surface area contributed by atoms with Crippen molar-refractivity contribution in [1.29, 1.82) is 0 Å². The minimum atomic E-state index is -0.729. The molecule has 2 rings (SSSR count). The van der Waals surface area contributed by atoms with E-state index in [1.165, 1.54) is 38.5 Å². The van der Waals surface area contributed by atoms with Crippen LogP contribution in [0.4, 0.5) is 0 Å². The van der Waals surface area contributed by atoms with Crippen LogP contribution in [0.15, 0.2) is 0 Å². The van der Waals surface area contributed by atoms with E-state index in [0.717, 1.165) is 70.9 Å². The third-order valence-corrected chi connectivity index (χ3v) is 10.0. The summed E-state index contributed by atoms with van der Waals surface area (Å²) in [6.07, 6.45) is 17.2. The molecule has 2 fully saturated rings. The van der Waals surface area contributed by atoms with Crippen LogP contribution in [0.1, 0.15) is 171 Å². The standard InChI is InChI=1S/C19H35NO4.C17H36NO2/c1-18(2,10-5-7-16(21)22)11-6-12-19(3,4)17(23)24-15-8-13-20-14-9-15;1-6-7-8-9-10-11-15-20-18(19)16(2,3)13-12-14-17(18,4)5/h15,20H,5-14H2,1-4H3,(H,21,22);19H,6-15H2,1-5H3/q;+1. The number of ether oxygens (including phenoxy) is 1. The van der Waals surface area contributed by atoms with E-state index in [2.05, 4.69) is 53.8 Å². The van der Waals surface area contributed by atoms with Gasteiger partial charge in [0.1, 0.15) is 12.7 Å². The lowest BCUT2D eigenvalue weighted by Crippen LogP contribution is -2.71. The number of carbonyl (C=O) groups is 2. The molecule has 0 saturated carbocycles. The second-order valence-corrected chi connectivity index (χ2v) is 16.2. The number of rotatable bonds is 18. The summed E-state index contributed by atoms with van der Waals surface area (Å²) in [5, 5.41) is 23.1. The van der Waals surface area contributed by atoms with Crippen molar-refractivity contribution in [3.63, 3.8) is 0 Å². The quantitative estimate of drug-likeness (QED) is 0.0791. The summed E-state index contributed by atoms with van der Waals surface area (Å²) in [6.45, 7) is 21.5. The predicted molar refractivity (Wildman–Crippen MR) is 178 cm³/mol. The molecule has 0 aromatic heterocycles. The molecule has 0 unspecified atom stereocenters. The fourth-order valence-electron chi connectivity index (χ4n) is 6.68. The highest BCUT2D eigenvalue weighted by atomic mass is 16.9. The number of quaternary nitrogens is 1. The number of hydrogen-bond donors (Lipinski definition) is 3. The highest BCUT2D eigenvalue weighted by Gasteiger charge is 2.59. The molecule has 0 spiro atoms. The summed E-state index contributed by atoms with van der Waals surface area (Å²) >= 11 is 0. The van der Waals surface area contributed by atoms with Crippen molar-refractivity contribution in [2.45, 2.75) is 189 Å². The van der Waals surface area contributed by atoms with Crippen molar-refractivity contribution in [3.8, 4) is 0 Å². The first-order valence-corrected chi connectivity index (χ1v) is 17.8. The molecule has 2 saturated heterocycles. The van der Waals surface area contributed by atoms with Crippen molar-refractivity contribution >= 4 is 11.9 Å². The fourth-order valence-corrected chi connectivity index (χ4v) is 6.68. The van der Waals surface area contributed by atoms with Gasteiger partial charge in [0.25, 0.3) is 0 Å². The maximum Gasteiger partial charge on any atom is 0.311 e. The van der Waals surface area contributed by atoms with E-state index < -0.39 is 11.4 Å². The van der Waals surface area contributed by atoms with E-state index in [1.54, 1.807) is 0 Å². The number of hydrogen-bond acceptors (Lipinski definition) is 6. The summed E-state index contributed by atoms with van der Waals surface area (Å²) in [7, 11) is 0. The van der Waals surface area contributed by atoms with Crippen molar-refractivity contribution < 1.29 is 34.3 Å². The van der Waals surface area contributed by atoms with Gasteiger partial charge in [-0.25, -0.2) is 0 Å². The van der Waals surface area contributed by atoms with Crippen LogP contribution in [-0.2, 0) is 19.2 Å². The number of hydroxylamine groups is 4. The summed E-state index contributed by atoms with van der Waals surface area (Å²) in [4.78, 5) is 28.8. The average molecular weight is 628 g/mol. The Bertz CT molecular complexity index is 816. The zero-order chi connectivity index (χ0) is 33.5. The Morgan fingerprint density at radius 1 is 0.841 bits per heavy atom. The number of piperidine rings is 2. The first kappa shape index (κ1) is 40.8. The Kier molecular flexibility index (Phi) is 17.4. The molecular weight excluding hydrogens is 556 g/mol. The zero-order valence-corrected chi connectivity index (χ0v) is 30.2. The molecule has 0 aliphatic carbocycles. The minimum absolute atomic E-state index is 0.0606. The van der Waals surface area contributed by atoms with Gasteiger partial charge < -0.3 is 15.2 Å². The zero-order valence-electron chi connectivity index (χ0n) is 30.2. The molecule has 2 heterocycles. The minimum Gasteiger partial charge on any atom is -0.481 e. The molecule has 0 aromatic carbocycles. The summed E-state index contributed by atoms with van der Waals surface area (Å²) < 4.78 is 5.69. The van der Waals surface area contributed by atoms with Crippen LogP contribution in [0.3, 0.4) is 0 Å². The molecule has 0 amide bonds. The highest BCUT2D eigenvalue weighted by Crippen LogP contribution is 2.44. The van der Waals surface area contributed by atoms with Crippen LogP contribution in [0.5, 0.6) is 0 Å². The SMILES string of the molecule is CC(C)(CCCC(=O)O)CCCC(C)(C)C(=O)OC1CCNCC1.CCCCCCCCO[N+]1(O)C(C)(C)CCCC1(C)C. The third-order valence-electron chi connectivity index (χ3n) is 10.0. The smallest absolute Gasteiger partial charge is 0.311 e. The van der Waals surface area contributed by atoms with Gasteiger partial charge in [-0.05, 0) is 116 Å². The lowest BCUT2D eigenvalue weighted by Gasteiger charge is -2.52. The van der Waals surface area contributed by atoms with Gasteiger partial charge in [-0.3, -0.25) is 9.59 Å². The molecule has 44 heavy (non-hydrogen) atoms. The second kappa shape index (κ2) is 18.8. The Balaban J connectivity index is 0.000000447. The Hall–Kier alpha value is -1.22. The molecular formula is C36H71N2O6+. The van der Waals surface area contributed by atoms with Crippen molar-refractivity contribution in [2.24, 2.45) is 10.8 Å². The molecule has 8 nitrogen and oxygen atoms in total. The molecule has 0 radical (unpaired) electrons. The third kappa shape index (κ3) is 14.0. The fraction of sp³-hybridized carbons (Fsp3) is 0.944. The van der Waals surface area contributed by atoms with Gasteiger partial charge in [0.15, 0.2) is 11.1 Å². The summed E-state index contributed by atoms with van der Waals surface area (Å²) in [5.74, 6) is -0.814. The lowest BCUT2D eigenvalue weighted by molar-refractivity contribution is -1.30. The molecule has 3 N–H and O–H groups in total. The number of carboxylic acids is 1. The number of esters is 1. The molecule has 2 aliphatic heterocycles. The van der Waals surface area contributed by atoms with E-state index >= 15 is 0 Å². The van der Waals surface area contributed by atoms with Crippen LogP contribution < -0.4 is 5.32 Å². The first-order chi connectivity index (χ1) is 20.4. The van der Waals surface area contributed by atoms with E-state index in [0.29, 0.717) is 13.0 Å². The number of unbranched alkanes of at least 4 members (excludes halogenated alkanes) is 5. The molecule has 0 atom stereocenters. The van der Waals surface area contributed by atoms with Crippen molar-refractivity contribution in [3.05, 3.63) is 0 Å². The number of nitrogens with zero attached hydrogens (tertiary/aromatic N) is 1. The number of carbonyl (C=O) groups excluding carboxylic acids is 1. The van der Waals surface area contributed by atoms with Crippen LogP contribution in [0, 0.1) is 10.8 Å². The van der Waals surface area contributed by atoms with Gasteiger partial charge in [-0.1, -0.05) is 59.3 Å². The van der Waals surface area contributed by atoms with E-state index in [9.17, 15) is 14.8 Å². The lowest BCUT2D eigenvalue weighted by atomic mass is 9.79. The largest absolute Gasteiger partial charge is 0.481 e. The van der Waals surface area contributed by atoms with Gasteiger partial charge >= 0.3 is 11.9 Å². The molecule has 0 aromatic rings. The molecule has 260 valence electrons. The second-order valence-electron chi connectivity index (χ2n) is 16.2. The summed E-state index contributed by atoms with van der Waals surface area (Å²) in [6, 6.07) is 0. The Morgan fingerprint density at radius 3 is 1.95 bits per heavy atom. The van der Waals surface area contributed by atoms with E-state index in [4.69, 9.17) is 14.7 Å². The van der Waals surface area contributed by atoms with Crippen LogP contribution in [0.25, 0.3) is 0 Å². The molecule has 0 bridgehead atoms. The van der Waals surface area contributed by atoms with Gasteiger partial charge in [0.2, 0.25) is 0 Å². The summed E-state index contributed by atoms with van der Waals surface area (Å²) in [5.41, 5.74) is -0.777. The highest BCUT2D eigenvalue weighted by molar-refractivity contribution is 5.76. The van der Waals surface area contributed by atoms with Gasteiger partial charge in [0.05, 0.1) is 5.41 Å². The van der Waals surface area contributed by atoms with E-state index in [1.807, 2.05) is 13.8 Å². The van der Waals surface area contributed by atoms with Crippen LogP contribution in [-0.4, -0.2) is 63.9 Å². The van der Waals surface area contributed by atoms with E-state index in [-0.39, 0.29) is 39.8 Å².